The SMILES string of the molecule is CC[C@H](C)CCC(=O)c1cc(O)ccc1O. The van der Waals surface area contributed by atoms with Crippen LogP contribution in [0.15, 0.2) is 18.2 Å². The fourth-order valence-electron chi connectivity index (χ4n) is 1.46. The van der Waals surface area contributed by atoms with Gasteiger partial charge in [-0.2, -0.15) is 0 Å². The van der Waals surface area contributed by atoms with Crippen molar-refractivity contribution >= 4 is 5.78 Å². The van der Waals surface area contributed by atoms with Gasteiger partial charge in [0.2, 0.25) is 0 Å². The molecule has 0 aliphatic rings. The van der Waals surface area contributed by atoms with Crippen LogP contribution in [0.3, 0.4) is 0 Å². The number of aromatic hydroxyl groups is 2. The smallest absolute Gasteiger partial charge is 0.166 e. The number of benzene rings is 1. The predicted molar refractivity (Wildman–Crippen MR) is 62.8 cm³/mol. The summed E-state index contributed by atoms with van der Waals surface area (Å²) in [4.78, 5) is 11.8. The molecule has 0 heterocycles. The number of phenolic OH excluding ortho intramolecular Hbond substituents is 2. The number of ketones is 1. The lowest BCUT2D eigenvalue weighted by Crippen LogP contribution is -2.02. The van der Waals surface area contributed by atoms with E-state index >= 15 is 0 Å². The standard InChI is InChI=1S/C13H18O3/c1-3-9(2)4-6-12(15)11-8-10(14)5-7-13(11)16/h5,7-9,14,16H,3-4,6H2,1-2H3/t9-/m0/s1. The van der Waals surface area contributed by atoms with E-state index in [1.54, 1.807) is 0 Å². The second-order valence-electron chi connectivity index (χ2n) is 4.18. The van der Waals surface area contributed by atoms with E-state index in [0.717, 1.165) is 12.8 Å². The minimum absolute atomic E-state index is 0.00434. The van der Waals surface area contributed by atoms with Crippen LogP contribution in [0, 0.1) is 5.92 Å². The van der Waals surface area contributed by atoms with Crippen LogP contribution in [-0.4, -0.2) is 16.0 Å². The van der Waals surface area contributed by atoms with Crippen molar-refractivity contribution in [3.8, 4) is 11.5 Å². The van der Waals surface area contributed by atoms with Gasteiger partial charge in [0.1, 0.15) is 11.5 Å². The maximum atomic E-state index is 11.8. The minimum Gasteiger partial charge on any atom is -0.508 e. The van der Waals surface area contributed by atoms with E-state index in [0.29, 0.717) is 12.3 Å². The zero-order valence-electron chi connectivity index (χ0n) is 9.73. The van der Waals surface area contributed by atoms with Crippen LogP contribution in [0.4, 0.5) is 0 Å². The van der Waals surface area contributed by atoms with Crippen LogP contribution >= 0.6 is 0 Å². The van der Waals surface area contributed by atoms with Crippen molar-refractivity contribution in [1.29, 1.82) is 0 Å². The van der Waals surface area contributed by atoms with Crippen LogP contribution < -0.4 is 0 Å². The normalized spacial score (nSPS) is 12.4. The Bertz CT molecular complexity index is 371. The van der Waals surface area contributed by atoms with E-state index in [-0.39, 0.29) is 22.8 Å². The molecule has 0 spiro atoms. The molecule has 1 aromatic carbocycles. The maximum absolute atomic E-state index is 11.8. The summed E-state index contributed by atoms with van der Waals surface area (Å²) >= 11 is 0. The Balaban J connectivity index is 2.69. The maximum Gasteiger partial charge on any atom is 0.166 e. The van der Waals surface area contributed by atoms with Crippen molar-refractivity contribution in [2.75, 3.05) is 0 Å². The highest BCUT2D eigenvalue weighted by Gasteiger charge is 2.12. The number of Topliss-reactive ketones (excluding diaryl/α,β-unsaturated/α-hetero) is 1. The fourth-order valence-corrected chi connectivity index (χ4v) is 1.46. The first-order chi connectivity index (χ1) is 7.54. The molecule has 88 valence electrons. The Kier molecular flexibility index (Phi) is 4.35. The fraction of sp³-hybridized carbons (Fsp3) is 0.462. The number of carbonyl (C=O) groups excluding carboxylic acids is 1. The van der Waals surface area contributed by atoms with Gasteiger partial charge in [0.15, 0.2) is 5.78 Å². The molecule has 0 saturated heterocycles. The Morgan fingerprint density at radius 1 is 1.38 bits per heavy atom. The largest absolute Gasteiger partial charge is 0.508 e. The van der Waals surface area contributed by atoms with Gasteiger partial charge in [0.05, 0.1) is 5.56 Å². The summed E-state index contributed by atoms with van der Waals surface area (Å²) in [6, 6.07) is 4.01. The lowest BCUT2D eigenvalue weighted by molar-refractivity contribution is 0.0971. The molecule has 0 fully saturated rings. The molecule has 1 atom stereocenters. The lowest BCUT2D eigenvalue weighted by Gasteiger charge is -2.08. The third kappa shape index (κ3) is 3.26. The second-order valence-corrected chi connectivity index (χ2v) is 4.18. The molecule has 0 radical (unpaired) electrons. The average Bonchev–Trinajstić information content (AvgIpc) is 2.28. The predicted octanol–water partition coefficient (Wildman–Crippen LogP) is 3.11. The second kappa shape index (κ2) is 5.54. The van der Waals surface area contributed by atoms with Crippen LogP contribution in [0.2, 0.25) is 0 Å². The molecule has 0 bridgehead atoms. The number of hydrogen-bond acceptors (Lipinski definition) is 3. The number of phenols is 2. The van der Waals surface area contributed by atoms with Gasteiger partial charge in [0.25, 0.3) is 0 Å². The first kappa shape index (κ1) is 12.6. The number of carbonyl (C=O) groups is 1. The Hall–Kier alpha value is -1.51. The van der Waals surface area contributed by atoms with Gasteiger partial charge in [0, 0.05) is 6.42 Å². The van der Waals surface area contributed by atoms with Gasteiger partial charge in [-0.25, -0.2) is 0 Å². The number of hydrogen-bond donors (Lipinski definition) is 2. The summed E-state index contributed by atoms with van der Waals surface area (Å²) in [5.74, 6) is 0.328. The highest BCUT2D eigenvalue weighted by molar-refractivity contribution is 5.98. The van der Waals surface area contributed by atoms with Crippen LogP contribution in [0.5, 0.6) is 11.5 Å². The molecule has 0 amide bonds. The van der Waals surface area contributed by atoms with Gasteiger partial charge in [-0.05, 0) is 30.5 Å². The highest BCUT2D eigenvalue weighted by Crippen LogP contribution is 2.24. The zero-order chi connectivity index (χ0) is 12.1. The van der Waals surface area contributed by atoms with E-state index in [1.165, 1.54) is 18.2 Å². The molecule has 0 aliphatic carbocycles. The Morgan fingerprint density at radius 3 is 2.69 bits per heavy atom. The summed E-state index contributed by atoms with van der Waals surface area (Å²) in [5, 5.41) is 18.7. The third-order valence-electron chi connectivity index (χ3n) is 2.84. The van der Waals surface area contributed by atoms with Crippen LogP contribution in [-0.2, 0) is 0 Å². The summed E-state index contributed by atoms with van der Waals surface area (Å²) in [5.41, 5.74) is 0.211. The summed E-state index contributed by atoms with van der Waals surface area (Å²) < 4.78 is 0. The number of rotatable bonds is 5. The first-order valence-corrected chi connectivity index (χ1v) is 5.59. The van der Waals surface area contributed by atoms with Crippen molar-refractivity contribution in [2.45, 2.75) is 33.1 Å². The summed E-state index contributed by atoms with van der Waals surface area (Å²) in [6.45, 7) is 4.18. The molecule has 0 saturated carbocycles. The summed E-state index contributed by atoms with van der Waals surface area (Å²) in [6.07, 6.45) is 2.26. The van der Waals surface area contributed by atoms with Crippen molar-refractivity contribution in [3.05, 3.63) is 23.8 Å². The molecule has 2 N–H and O–H groups in total. The highest BCUT2D eigenvalue weighted by atomic mass is 16.3. The monoisotopic (exact) mass is 222 g/mol. The van der Waals surface area contributed by atoms with E-state index < -0.39 is 0 Å². The lowest BCUT2D eigenvalue weighted by atomic mass is 9.98. The molecule has 3 heteroatoms. The van der Waals surface area contributed by atoms with Crippen molar-refractivity contribution in [1.82, 2.24) is 0 Å². The molecular weight excluding hydrogens is 204 g/mol. The molecule has 1 rings (SSSR count). The summed E-state index contributed by atoms with van der Waals surface area (Å²) in [7, 11) is 0. The molecule has 16 heavy (non-hydrogen) atoms. The van der Waals surface area contributed by atoms with Gasteiger partial charge in [-0.3, -0.25) is 4.79 Å². The minimum atomic E-state index is -0.117. The molecule has 0 unspecified atom stereocenters. The van der Waals surface area contributed by atoms with E-state index in [4.69, 9.17) is 0 Å². The average molecular weight is 222 g/mol. The van der Waals surface area contributed by atoms with Crippen LogP contribution in [0.25, 0.3) is 0 Å². The van der Waals surface area contributed by atoms with E-state index in [9.17, 15) is 15.0 Å². The third-order valence-corrected chi connectivity index (χ3v) is 2.84. The van der Waals surface area contributed by atoms with Crippen LogP contribution in [0.1, 0.15) is 43.5 Å². The van der Waals surface area contributed by atoms with Crippen molar-refractivity contribution < 1.29 is 15.0 Å². The molecule has 1 aromatic rings. The Morgan fingerprint density at radius 2 is 2.06 bits per heavy atom. The quantitative estimate of drug-likeness (QED) is 0.594. The van der Waals surface area contributed by atoms with Crippen molar-refractivity contribution in [3.63, 3.8) is 0 Å². The van der Waals surface area contributed by atoms with Gasteiger partial charge in [-0.1, -0.05) is 20.3 Å². The van der Waals surface area contributed by atoms with Gasteiger partial charge in [-0.15, -0.1) is 0 Å². The molecule has 3 nitrogen and oxygen atoms in total. The van der Waals surface area contributed by atoms with Gasteiger partial charge >= 0.3 is 0 Å². The molecule has 0 aliphatic heterocycles. The van der Waals surface area contributed by atoms with Gasteiger partial charge < -0.3 is 10.2 Å². The molecule has 0 aromatic heterocycles. The first-order valence-electron chi connectivity index (χ1n) is 5.59. The topological polar surface area (TPSA) is 57.5 Å². The van der Waals surface area contributed by atoms with E-state index in [1.807, 2.05) is 0 Å². The molecular formula is C13H18O3. The zero-order valence-corrected chi connectivity index (χ0v) is 9.73. The Labute approximate surface area is 95.7 Å². The van der Waals surface area contributed by atoms with E-state index in [2.05, 4.69) is 13.8 Å². The van der Waals surface area contributed by atoms with Crippen molar-refractivity contribution in [2.24, 2.45) is 5.92 Å².